The summed E-state index contributed by atoms with van der Waals surface area (Å²) in [6.07, 6.45) is 0. The van der Waals surface area contributed by atoms with Gasteiger partial charge in [0.05, 0.1) is 5.56 Å². The van der Waals surface area contributed by atoms with Crippen LogP contribution in [0.25, 0.3) is 0 Å². The third-order valence-electron chi connectivity index (χ3n) is 4.01. The van der Waals surface area contributed by atoms with Crippen molar-refractivity contribution < 1.29 is 9.53 Å². The average Bonchev–Trinajstić information content (AvgIpc) is 2.55. The molecule has 2 heteroatoms. The van der Waals surface area contributed by atoms with Crippen LogP contribution >= 0.6 is 0 Å². The summed E-state index contributed by atoms with van der Waals surface area (Å²) < 4.78 is 5.93. The molecule has 0 fully saturated rings. The van der Waals surface area contributed by atoms with E-state index in [2.05, 4.69) is 0 Å². The van der Waals surface area contributed by atoms with E-state index in [-0.39, 0.29) is 5.78 Å². The summed E-state index contributed by atoms with van der Waals surface area (Å²) in [6, 6.07) is 21.0. The van der Waals surface area contributed by atoms with Gasteiger partial charge in [-0.3, -0.25) is 4.79 Å². The molecule has 0 heterocycles. The van der Waals surface area contributed by atoms with Crippen molar-refractivity contribution in [2.75, 3.05) is 0 Å². The highest BCUT2D eigenvalue weighted by atomic mass is 16.5. The fourth-order valence-electron chi connectivity index (χ4n) is 3.03. The van der Waals surface area contributed by atoms with Crippen LogP contribution in [0.3, 0.4) is 0 Å². The van der Waals surface area contributed by atoms with E-state index in [1.54, 1.807) is 0 Å². The van der Waals surface area contributed by atoms with Crippen molar-refractivity contribution in [3.05, 3.63) is 94.5 Å². The number of carbonyl (C=O) groups excluding carboxylic acids is 1. The SMILES string of the molecule is Cc1cc(C)c(C(=O)c2ccccc2Oc2ccccc2)c(C)c1. The normalized spacial score (nSPS) is 10.5. The minimum atomic E-state index is -0.00321. The maximum absolute atomic E-state index is 13.1. The Morgan fingerprint density at radius 1 is 0.792 bits per heavy atom. The zero-order valence-corrected chi connectivity index (χ0v) is 14.2. The van der Waals surface area contributed by atoms with Crippen LogP contribution in [0.2, 0.25) is 0 Å². The summed E-state index contributed by atoms with van der Waals surface area (Å²) in [4.78, 5) is 13.1. The van der Waals surface area contributed by atoms with Gasteiger partial charge in [0.1, 0.15) is 11.5 Å². The van der Waals surface area contributed by atoms with Gasteiger partial charge in [0.25, 0.3) is 0 Å². The molecule has 0 saturated carbocycles. The summed E-state index contributed by atoms with van der Waals surface area (Å²) in [7, 11) is 0. The van der Waals surface area contributed by atoms with E-state index in [1.165, 1.54) is 0 Å². The van der Waals surface area contributed by atoms with Gasteiger partial charge in [-0.25, -0.2) is 0 Å². The fourth-order valence-corrected chi connectivity index (χ4v) is 3.03. The van der Waals surface area contributed by atoms with E-state index >= 15 is 0 Å². The molecule has 0 N–H and O–H groups in total. The summed E-state index contributed by atoms with van der Waals surface area (Å²) in [5.74, 6) is 1.29. The molecule has 0 atom stereocenters. The zero-order chi connectivity index (χ0) is 17.1. The third kappa shape index (κ3) is 3.23. The van der Waals surface area contributed by atoms with Gasteiger partial charge < -0.3 is 4.74 Å². The lowest BCUT2D eigenvalue weighted by atomic mass is 9.93. The van der Waals surface area contributed by atoms with Crippen LogP contribution in [-0.4, -0.2) is 5.78 Å². The number of carbonyl (C=O) groups is 1. The van der Waals surface area contributed by atoms with Crippen molar-refractivity contribution in [2.45, 2.75) is 20.8 Å². The number of aryl methyl sites for hydroxylation is 3. The van der Waals surface area contributed by atoms with E-state index in [4.69, 9.17) is 4.74 Å². The summed E-state index contributed by atoms with van der Waals surface area (Å²) in [6.45, 7) is 6.00. The lowest BCUT2D eigenvalue weighted by Gasteiger charge is -2.14. The van der Waals surface area contributed by atoms with Crippen molar-refractivity contribution in [3.8, 4) is 11.5 Å². The van der Waals surface area contributed by atoms with Crippen molar-refractivity contribution in [2.24, 2.45) is 0 Å². The lowest BCUT2D eigenvalue weighted by molar-refractivity contribution is 0.103. The highest BCUT2D eigenvalue weighted by molar-refractivity contribution is 6.12. The second kappa shape index (κ2) is 6.71. The molecule has 3 aromatic rings. The van der Waals surface area contributed by atoms with Gasteiger partial charge in [-0.05, 0) is 56.2 Å². The van der Waals surface area contributed by atoms with Crippen LogP contribution in [0.1, 0.15) is 32.6 Å². The maximum Gasteiger partial charge on any atom is 0.197 e. The minimum Gasteiger partial charge on any atom is -0.457 e. The molecule has 0 unspecified atom stereocenters. The molecule has 0 radical (unpaired) electrons. The number of para-hydroxylation sites is 2. The van der Waals surface area contributed by atoms with Gasteiger partial charge in [0, 0.05) is 5.56 Å². The topological polar surface area (TPSA) is 26.3 Å². The molecule has 2 nitrogen and oxygen atoms in total. The lowest BCUT2D eigenvalue weighted by Crippen LogP contribution is -2.08. The Morgan fingerprint density at radius 3 is 2.04 bits per heavy atom. The molecule has 0 amide bonds. The van der Waals surface area contributed by atoms with E-state index in [0.717, 1.165) is 28.0 Å². The Kier molecular flexibility index (Phi) is 4.48. The van der Waals surface area contributed by atoms with Crippen LogP contribution in [0.5, 0.6) is 11.5 Å². The first kappa shape index (κ1) is 16.0. The van der Waals surface area contributed by atoms with Gasteiger partial charge in [-0.2, -0.15) is 0 Å². The molecular formula is C22H20O2. The molecule has 24 heavy (non-hydrogen) atoms. The fraction of sp³-hybridized carbons (Fsp3) is 0.136. The van der Waals surface area contributed by atoms with E-state index in [1.807, 2.05) is 87.5 Å². The van der Waals surface area contributed by atoms with Crippen molar-refractivity contribution in [1.82, 2.24) is 0 Å². The predicted octanol–water partition coefficient (Wildman–Crippen LogP) is 5.64. The molecule has 0 aliphatic carbocycles. The van der Waals surface area contributed by atoms with E-state index < -0.39 is 0 Å². The Hall–Kier alpha value is -2.87. The number of ether oxygens (including phenoxy) is 1. The highest BCUT2D eigenvalue weighted by Crippen LogP contribution is 2.29. The molecule has 3 aromatic carbocycles. The van der Waals surface area contributed by atoms with Crippen LogP contribution in [0.15, 0.2) is 66.7 Å². The molecule has 120 valence electrons. The Bertz CT molecular complexity index is 856. The van der Waals surface area contributed by atoms with Crippen LogP contribution in [-0.2, 0) is 0 Å². The number of rotatable bonds is 4. The second-order valence-electron chi connectivity index (χ2n) is 6.01. The van der Waals surface area contributed by atoms with E-state index in [0.29, 0.717) is 11.3 Å². The number of hydrogen-bond donors (Lipinski definition) is 0. The molecule has 0 aliphatic rings. The largest absolute Gasteiger partial charge is 0.457 e. The third-order valence-corrected chi connectivity index (χ3v) is 4.01. The van der Waals surface area contributed by atoms with Crippen molar-refractivity contribution >= 4 is 5.78 Å². The number of ketones is 1. The standard InChI is InChI=1S/C22H20O2/c1-15-13-16(2)21(17(3)14-15)22(23)19-11-7-8-12-20(19)24-18-9-5-4-6-10-18/h4-14H,1-3H3. The van der Waals surface area contributed by atoms with Crippen LogP contribution in [0, 0.1) is 20.8 Å². The minimum absolute atomic E-state index is 0.00321. The quantitative estimate of drug-likeness (QED) is 0.583. The monoisotopic (exact) mass is 316 g/mol. The molecule has 0 aromatic heterocycles. The van der Waals surface area contributed by atoms with Gasteiger partial charge in [-0.15, -0.1) is 0 Å². The van der Waals surface area contributed by atoms with Gasteiger partial charge in [0.15, 0.2) is 5.78 Å². The van der Waals surface area contributed by atoms with E-state index in [9.17, 15) is 4.79 Å². The van der Waals surface area contributed by atoms with Crippen molar-refractivity contribution in [3.63, 3.8) is 0 Å². The smallest absolute Gasteiger partial charge is 0.197 e. The summed E-state index contributed by atoms with van der Waals surface area (Å²) >= 11 is 0. The summed E-state index contributed by atoms with van der Waals surface area (Å²) in [5.41, 5.74) is 4.48. The molecule has 0 saturated heterocycles. The first-order chi connectivity index (χ1) is 11.6. The van der Waals surface area contributed by atoms with Gasteiger partial charge in [0.2, 0.25) is 0 Å². The van der Waals surface area contributed by atoms with Crippen LogP contribution in [0.4, 0.5) is 0 Å². The number of benzene rings is 3. The maximum atomic E-state index is 13.1. The zero-order valence-electron chi connectivity index (χ0n) is 14.2. The second-order valence-corrected chi connectivity index (χ2v) is 6.01. The predicted molar refractivity (Wildman–Crippen MR) is 97.0 cm³/mol. The average molecular weight is 316 g/mol. The highest BCUT2D eigenvalue weighted by Gasteiger charge is 2.19. The summed E-state index contributed by atoms with van der Waals surface area (Å²) in [5, 5.41) is 0. The molecule has 0 spiro atoms. The first-order valence-corrected chi connectivity index (χ1v) is 8.01. The Morgan fingerprint density at radius 2 is 1.38 bits per heavy atom. The van der Waals surface area contributed by atoms with Crippen molar-refractivity contribution in [1.29, 1.82) is 0 Å². The van der Waals surface area contributed by atoms with Gasteiger partial charge in [-0.1, -0.05) is 48.0 Å². The number of hydrogen-bond acceptors (Lipinski definition) is 2. The first-order valence-electron chi connectivity index (χ1n) is 8.01. The Labute approximate surface area is 142 Å². The molecule has 0 bridgehead atoms. The van der Waals surface area contributed by atoms with Gasteiger partial charge >= 0.3 is 0 Å². The van der Waals surface area contributed by atoms with Crippen LogP contribution < -0.4 is 4.74 Å². The Balaban J connectivity index is 2.03. The molecular weight excluding hydrogens is 296 g/mol. The molecule has 0 aliphatic heterocycles. The molecule has 3 rings (SSSR count).